The second-order valence-electron chi connectivity index (χ2n) is 3.07. The predicted octanol–water partition coefficient (Wildman–Crippen LogP) is 1.47. The maximum Gasteiger partial charge on any atom is 0.343 e. The van der Waals surface area contributed by atoms with Gasteiger partial charge in [0, 0.05) is 13.8 Å². The minimum absolute atomic E-state index is 0.188. The molecule has 6 nitrogen and oxygen atoms in total. The van der Waals surface area contributed by atoms with Crippen LogP contribution < -0.4 is 0 Å². The topological polar surface area (TPSA) is 76.2 Å². The summed E-state index contributed by atoms with van der Waals surface area (Å²) in [7, 11) is 0. The van der Waals surface area contributed by atoms with Crippen LogP contribution in [0.5, 0.6) is 0 Å². The molecule has 1 heterocycles. The van der Waals surface area contributed by atoms with Gasteiger partial charge in [0.05, 0.1) is 6.07 Å². The molecule has 68 valence electrons. The number of aromatic amines is 1. The quantitative estimate of drug-likeness (QED) is 0.425. The molecule has 0 aromatic carbocycles. The van der Waals surface area contributed by atoms with Crippen molar-refractivity contribution in [2.75, 3.05) is 0 Å². The molecule has 1 rings (SSSR count). The minimum atomic E-state index is -0.815. The fourth-order valence-corrected chi connectivity index (χ4v) is 0.776. The molecule has 0 bridgehead atoms. The molecule has 0 aliphatic carbocycles. The van der Waals surface area contributed by atoms with Crippen molar-refractivity contribution < 1.29 is 4.92 Å². The van der Waals surface area contributed by atoms with E-state index in [1.54, 1.807) is 13.8 Å². The summed E-state index contributed by atoms with van der Waals surface area (Å²) in [5, 5.41) is 16.2. The lowest BCUT2D eigenvalue weighted by molar-refractivity contribution is -0.389. The lowest BCUT2D eigenvalue weighted by atomic mass is 10.0. The highest BCUT2D eigenvalue weighted by atomic mass is 16.6. The summed E-state index contributed by atoms with van der Waals surface area (Å²) in [4.78, 5) is 13.0. The van der Waals surface area contributed by atoms with Gasteiger partial charge in [-0.05, 0) is 4.92 Å². The first-order valence-electron chi connectivity index (χ1n) is 3.56. The highest BCUT2D eigenvalue weighted by Gasteiger charge is 2.31. The number of hydrogen-bond acceptors (Lipinski definition) is 3. The van der Waals surface area contributed by atoms with Crippen molar-refractivity contribution in [2.24, 2.45) is 0 Å². The largest absolute Gasteiger partial charge is 0.358 e. The third-order valence-corrected chi connectivity index (χ3v) is 1.67. The number of hydrogen-bond donors (Lipinski definition) is 1. The van der Waals surface area contributed by atoms with E-state index in [2.05, 4.69) is 15.0 Å². The molecular formula is C7H8N4O2. The first-order valence-corrected chi connectivity index (χ1v) is 3.56. The van der Waals surface area contributed by atoms with Gasteiger partial charge in [0.15, 0.2) is 5.69 Å². The van der Waals surface area contributed by atoms with Gasteiger partial charge in [-0.15, -0.1) is 5.10 Å². The van der Waals surface area contributed by atoms with Gasteiger partial charge < -0.3 is 15.0 Å². The molecule has 1 N–H and O–H groups in total. The van der Waals surface area contributed by atoms with Crippen LogP contribution in [0.3, 0.4) is 0 Å². The Balaban J connectivity index is 3.07. The van der Waals surface area contributed by atoms with E-state index in [0.717, 1.165) is 0 Å². The van der Waals surface area contributed by atoms with Crippen molar-refractivity contribution in [3.05, 3.63) is 33.3 Å². The fourth-order valence-electron chi connectivity index (χ4n) is 0.776. The second kappa shape index (κ2) is 2.86. The third kappa shape index (κ3) is 1.64. The highest BCUT2D eigenvalue weighted by Crippen LogP contribution is 2.24. The Morgan fingerprint density at radius 2 is 2.38 bits per heavy atom. The zero-order chi connectivity index (χ0) is 10.1. The molecule has 13 heavy (non-hydrogen) atoms. The molecule has 0 aliphatic heterocycles. The van der Waals surface area contributed by atoms with E-state index in [1.807, 2.05) is 0 Å². The molecule has 0 saturated heterocycles. The summed E-state index contributed by atoms with van der Waals surface area (Å²) < 4.78 is 0. The summed E-state index contributed by atoms with van der Waals surface area (Å²) in [5.74, 6) is -0.188. The molecule has 0 amide bonds. The van der Waals surface area contributed by atoms with Crippen LogP contribution in [-0.4, -0.2) is 15.1 Å². The molecule has 0 radical (unpaired) electrons. The third-order valence-electron chi connectivity index (χ3n) is 1.67. The number of nitrogens with zero attached hydrogens (tertiary/aromatic N) is 3. The summed E-state index contributed by atoms with van der Waals surface area (Å²) in [6, 6.07) is 1.28. The number of nitrogens with one attached hydrogen (secondary N) is 1. The molecule has 0 atom stereocenters. The van der Waals surface area contributed by atoms with Crippen LogP contribution in [0.4, 0.5) is 5.82 Å². The van der Waals surface area contributed by atoms with Crippen molar-refractivity contribution in [2.45, 2.75) is 19.4 Å². The van der Waals surface area contributed by atoms with Gasteiger partial charge in [-0.3, -0.25) is 0 Å². The van der Waals surface area contributed by atoms with Crippen LogP contribution in [0.15, 0.2) is 6.07 Å². The monoisotopic (exact) mass is 180 g/mol. The maximum absolute atomic E-state index is 10.3. The van der Waals surface area contributed by atoms with Crippen LogP contribution in [0.25, 0.3) is 4.85 Å². The molecule has 0 saturated carbocycles. The molecule has 0 aliphatic rings. The first kappa shape index (κ1) is 9.19. The van der Waals surface area contributed by atoms with Gasteiger partial charge in [0.25, 0.3) is 5.54 Å². The van der Waals surface area contributed by atoms with E-state index in [0.29, 0.717) is 5.69 Å². The lowest BCUT2D eigenvalue weighted by Gasteiger charge is -2.03. The Kier molecular flexibility index (Phi) is 2.02. The molecule has 0 unspecified atom stereocenters. The molecule has 1 aromatic heterocycles. The molecule has 0 fully saturated rings. The number of H-pyrrole nitrogens is 1. The van der Waals surface area contributed by atoms with E-state index in [4.69, 9.17) is 6.57 Å². The average molecular weight is 180 g/mol. The Labute approximate surface area is 74.5 Å². The average Bonchev–Trinajstić information content (AvgIpc) is 2.52. The first-order chi connectivity index (χ1) is 5.97. The van der Waals surface area contributed by atoms with Gasteiger partial charge in [-0.25, -0.2) is 6.57 Å². The fraction of sp³-hybridized carbons (Fsp3) is 0.429. The summed E-state index contributed by atoms with van der Waals surface area (Å²) in [6.07, 6.45) is 0. The van der Waals surface area contributed by atoms with Crippen molar-refractivity contribution in [3.63, 3.8) is 0 Å². The minimum Gasteiger partial charge on any atom is -0.358 e. The van der Waals surface area contributed by atoms with Crippen molar-refractivity contribution in [1.29, 1.82) is 0 Å². The summed E-state index contributed by atoms with van der Waals surface area (Å²) in [5.41, 5.74) is -0.431. The zero-order valence-electron chi connectivity index (χ0n) is 7.24. The Hall–Kier alpha value is -1.90. The van der Waals surface area contributed by atoms with Crippen molar-refractivity contribution in [3.8, 4) is 0 Å². The van der Waals surface area contributed by atoms with Gasteiger partial charge >= 0.3 is 5.82 Å². The van der Waals surface area contributed by atoms with Crippen LogP contribution in [0.1, 0.15) is 19.5 Å². The maximum atomic E-state index is 10.3. The van der Waals surface area contributed by atoms with E-state index in [1.165, 1.54) is 6.07 Å². The Morgan fingerprint density at radius 1 is 1.77 bits per heavy atom. The van der Waals surface area contributed by atoms with Crippen LogP contribution in [-0.2, 0) is 5.54 Å². The van der Waals surface area contributed by atoms with Gasteiger partial charge in [0.2, 0.25) is 0 Å². The summed E-state index contributed by atoms with van der Waals surface area (Å²) in [6.45, 7) is 10.2. The molecule has 6 heteroatoms. The van der Waals surface area contributed by atoms with E-state index < -0.39 is 10.5 Å². The van der Waals surface area contributed by atoms with E-state index in [-0.39, 0.29) is 5.82 Å². The van der Waals surface area contributed by atoms with E-state index >= 15 is 0 Å². The second-order valence-corrected chi connectivity index (χ2v) is 3.07. The summed E-state index contributed by atoms with van der Waals surface area (Å²) >= 11 is 0. The number of rotatable bonds is 2. The van der Waals surface area contributed by atoms with E-state index in [9.17, 15) is 10.1 Å². The molecule has 1 aromatic rings. The molecule has 0 spiro atoms. The SMILES string of the molecule is [C-]#[N+]C(C)(C)c1cc([N+](=O)[O-])[nH]n1. The van der Waals surface area contributed by atoms with Gasteiger partial charge in [0.1, 0.15) is 0 Å². The number of aromatic nitrogens is 2. The Bertz CT molecular complexity index is 374. The van der Waals surface area contributed by atoms with Crippen molar-refractivity contribution in [1.82, 2.24) is 10.2 Å². The number of nitro groups is 1. The van der Waals surface area contributed by atoms with Crippen LogP contribution in [0, 0.1) is 16.7 Å². The van der Waals surface area contributed by atoms with Crippen LogP contribution >= 0.6 is 0 Å². The standard InChI is InChI=1S/C7H8N4O2/c1-7(2,8-3)5-4-6(10-9-5)11(12)13/h4H,1-2H3,(H,9,10). The van der Waals surface area contributed by atoms with Crippen molar-refractivity contribution >= 4 is 5.82 Å². The Morgan fingerprint density at radius 3 is 2.77 bits per heavy atom. The van der Waals surface area contributed by atoms with Gasteiger partial charge in [-0.1, -0.05) is 5.10 Å². The van der Waals surface area contributed by atoms with Gasteiger partial charge in [-0.2, -0.15) is 0 Å². The smallest absolute Gasteiger partial charge is 0.343 e. The highest BCUT2D eigenvalue weighted by molar-refractivity contribution is 5.27. The van der Waals surface area contributed by atoms with Crippen LogP contribution in [0.2, 0.25) is 0 Å². The lowest BCUT2D eigenvalue weighted by Crippen LogP contribution is -2.11. The normalized spacial score (nSPS) is 10.8. The predicted molar refractivity (Wildman–Crippen MR) is 44.9 cm³/mol. The molecular weight excluding hydrogens is 172 g/mol. The zero-order valence-corrected chi connectivity index (χ0v) is 7.24.